The van der Waals surface area contributed by atoms with Gasteiger partial charge in [-0.05, 0) is 64.2 Å². The van der Waals surface area contributed by atoms with E-state index in [1.54, 1.807) is 0 Å². The molecule has 0 bridgehead atoms. The molecule has 47 heavy (non-hydrogen) atoms. The Morgan fingerprint density at radius 3 is 1.60 bits per heavy atom. The lowest BCUT2D eigenvalue weighted by atomic mass is 10.1. The molecular formula is C42H79N2O3+. The Balaban J connectivity index is 2.05. The van der Waals surface area contributed by atoms with E-state index >= 15 is 0 Å². The number of rotatable bonds is 35. The number of β-amino-alcohol motifs (C(OH)–C–C–N with tert-alkyl or cyclic N) is 1. The molecule has 274 valence electrons. The molecule has 5 nitrogen and oxygen atoms in total. The Morgan fingerprint density at radius 2 is 1.11 bits per heavy atom. The molecule has 1 aliphatic heterocycles. The number of aliphatic hydroxyl groups excluding tert-OH is 1. The molecule has 0 atom stereocenters. The second-order valence-corrected chi connectivity index (χ2v) is 14.0. The van der Waals surface area contributed by atoms with Gasteiger partial charge in [-0.1, -0.05) is 141 Å². The van der Waals surface area contributed by atoms with Crippen LogP contribution in [0.3, 0.4) is 0 Å². The summed E-state index contributed by atoms with van der Waals surface area (Å²) in [6.45, 7) is 8.60. The van der Waals surface area contributed by atoms with Gasteiger partial charge in [0.05, 0.1) is 6.61 Å². The zero-order valence-electron chi connectivity index (χ0n) is 31.5. The number of ether oxygens (including phenoxy) is 1. The summed E-state index contributed by atoms with van der Waals surface area (Å²) < 4.78 is 7.96. The van der Waals surface area contributed by atoms with Crippen LogP contribution < -0.4 is 0 Å². The molecule has 0 aliphatic carbocycles. The number of hydrogen-bond donors (Lipinski definition) is 1. The van der Waals surface area contributed by atoms with E-state index in [-0.39, 0.29) is 12.6 Å². The minimum absolute atomic E-state index is 0.0483. The third-order valence-corrected chi connectivity index (χ3v) is 9.67. The fourth-order valence-electron chi connectivity index (χ4n) is 6.65. The smallest absolute Gasteiger partial charge is 0.305 e. The fourth-order valence-corrected chi connectivity index (χ4v) is 6.65. The van der Waals surface area contributed by atoms with Crippen molar-refractivity contribution >= 4 is 11.8 Å². The standard InChI is InChI=1S/C42H79N2O3/c1-3-5-7-9-11-13-15-17-19-21-23-25-27-29-31-33-41-43(37-39-45)35-36-44(41)38-40-47-42(46)34-32-30-28-26-24-22-20-18-16-14-12-10-8-6-4-2/h17-20,45H,3-16,21-40H2,1-2H3/q+1/b19-17-,20-18-. The van der Waals surface area contributed by atoms with Crippen LogP contribution in [0.2, 0.25) is 0 Å². The van der Waals surface area contributed by atoms with E-state index in [0.717, 1.165) is 38.9 Å². The Kier molecular flexibility index (Phi) is 31.6. The fraction of sp³-hybridized carbons (Fsp3) is 0.857. The van der Waals surface area contributed by atoms with Crippen molar-refractivity contribution in [2.45, 2.75) is 194 Å². The van der Waals surface area contributed by atoms with Gasteiger partial charge in [0, 0.05) is 12.8 Å². The topological polar surface area (TPSA) is 52.8 Å². The number of nitrogens with zero attached hydrogens (tertiary/aromatic N) is 2. The molecule has 5 heteroatoms. The van der Waals surface area contributed by atoms with Crippen molar-refractivity contribution in [1.82, 2.24) is 4.90 Å². The second-order valence-electron chi connectivity index (χ2n) is 14.0. The molecule has 0 amide bonds. The number of unbranched alkanes of at least 4 members (excludes halogenated alkanes) is 22. The van der Waals surface area contributed by atoms with E-state index in [0.29, 0.717) is 19.6 Å². The summed E-state index contributed by atoms with van der Waals surface area (Å²) in [5.74, 6) is 1.29. The minimum Gasteiger partial charge on any atom is -0.462 e. The molecule has 0 aromatic heterocycles. The van der Waals surface area contributed by atoms with Crippen molar-refractivity contribution in [3.63, 3.8) is 0 Å². The summed E-state index contributed by atoms with van der Waals surface area (Å²) >= 11 is 0. The van der Waals surface area contributed by atoms with Crippen molar-refractivity contribution in [2.75, 3.05) is 39.4 Å². The molecule has 1 rings (SSSR count). The Labute approximate surface area is 292 Å². The van der Waals surface area contributed by atoms with E-state index in [1.165, 1.54) is 160 Å². The number of amidine groups is 1. The molecule has 1 N–H and O–H groups in total. The molecule has 0 saturated carbocycles. The second kappa shape index (κ2) is 34.3. The summed E-state index contributed by atoms with van der Waals surface area (Å²) in [4.78, 5) is 14.7. The van der Waals surface area contributed by atoms with E-state index in [1.807, 2.05) is 0 Å². The predicted octanol–water partition coefficient (Wildman–Crippen LogP) is 11.3. The average Bonchev–Trinajstić information content (AvgIpc) is 3.45. The molecule has 0 spiro atoms. The monoisotopic (exact) mass is 660 g/mol. The molecule has 0 unspecified atom stereocenters. The largest absolute Gasteiger partial charge is 0.462 e. The van der Waals surface area contributed by atoms with E-state index in [9.17, 15) is 9.90 Å². The van der Waals surface area contributed by atoms with Crippen molar-refractivity contribution in [3.05, 3.63) is 24.3 Å². The highest BCUT2D eigenvalue weighted by Gasteiger charge is 2.29. The SMILES string of the molecule is CCCCCCCC/C=C\CCCCCCCC(=O)OCCN1CC[N+](CCO)=C1CCCCCCC/C=C\CCCCCCCC. The van der Waals surface area contributed by atoms with Gasteiger partial charge in [0.15, 0.2) is 0 Å². The summed E-state index contributed by atoms with van der Waals surface area (Å²) in [6.07, 6.45) is 44.7. The summed E-state index contributed by atoms with van der Waals surface area (Å²) in [5, 5.41) is 9.56. The van der Waals surface area contributed by atoms with Crippen LogP contribution in [-0.2, 0) is 9.53 Å². The van der Waals surface area contributed by atoms with Crippen LogP contribution in [-0.4, -0.2) is 65.8 Å². The number of carbonyl (C=O) groups is 1. The van der Waals surface area contributed by atoms with Crippen LogP contribution in [0, 0.1) is 0 Å². The first kappa shape index (κ1) is 43.4. The lowest BCUT2D eigenvalue weighted by Crippen LogP contribution is -2.33. The average molecular weight is 660 g/mol. The van der Waals surface area contributed by atoms with E-state index < -0.39 is 0 Å². The Hall–Kier alpha value is -1.62. The maximum atomic E-state index is 12.3. The van der Waals surface area contributed by atoms with E-state index in [4.69, 9.17) is 4.74 Å². The number of esters is 1. The van der Waals surface area contributed by atoms with Crippen molar-refractivity contribution in [2.24, 2.45) is 0 Å². The quantitative estimate of drug-likeness (QED) is 0.0318. The van der Waals surface area contributed by atoms with Crippen LogP contribution in [0.25, 0.3) is 0 Å². The van der Waals surface area contributed by atoms with Gasteiger partial charge < -0.3 is 9.84 Å². The van der Waals surface area contributed by atoms with Crippen LogP contribution in [0.4, 0.5) is 0 Å². The third-order valence-electron chi connectivity index (χ3n) is 9.67. The molecule has 0 fully saturated rings. The van der Waals surface area contributed by atoms with Crippen LogP contribution in [0.15, 0.2) is 24.3 Å². The summed E-state index contributed by atoms with van der Waals surface area (Å²) in [7, 11) is 0. The number of carbonyl (C=O) groups excluding carboxylic acids is 1. The highest BCUT2D eigenvalue weighted by molar-refractivity contribution is 5.78. The van der Waals surface area contributed by atoms with Gasteiger partial charge in [-0.2, -0.15) is 0 Å². The third kappa shape index (κ3) is 27.0. The maximum absolute atomic E-state index is 12.3. The lowest BCUT2D eigenvalue weighted by Gasteiger charge is -2.14. The van der Waals surface area contributed by atoms with Crippen molar-refractivity contribution in [3.8, 4) is 0 Å². The molecule has 0 saturated heterocycles. The molecule has 0 radical (unpaired) electrons. The Bertz CT molecular complexity index is 791. The van der Waals surface area contributed by atoms with Crippen molar-refractivity contribution < 1.29 is 19.2 Å². The lowest BCUT2D eigenvalue weighted by molar-refractivity contribution is -0.521. The molecule has 1 heterocycles. The molecular weight excluding hydrogens is 580 g/mol. The van der Waals surface area contributed by atoms with Gasteiger partial charge in [0.2, 0.25) is 5.84 Å². The van der Waals surface area contributed by atoms with Crippen molar-refractivity contribution in [1.29, 1.82) is 0 Å². The zero-order chi connectivity index (χ0) is 33.9. The predicted molar refractivity (Wildman–Crippen MR) is 204 cm³/mol. The maximum Gasteiger partial charge on any atom is 0.305 e. The first-order valence-electron chi connectivity index (χ1n) is 20.6. The first-order valence-corrected chi connectivity index (χ1v) is 20.6. The summed E-state index contributed by atoms with van der Waals surface area (Å²) in [6, 6.07) is 0. The minimum atomic E-state index is -0.0483. The van der Waals surface area contributed by atoms with Gasteiger partial charge in [-0.25, -0.2) is 0 Å². The van der Waals surface area contributed by atoms with Gasteiger partial charge >= 0.3 is 5.97 Å². The van der Waals surface area contributed by atoms with Gasteiger partial charge in [-0.15, -0.1) is 0 Å². The number of aliphatic hydroxyl groups is 1. The summed E-state index contributed by atoms with van der Waals surface area (Å²) in [5.41, 5.74) is 0. The van der Waals surface area contributed by atoms with Gasteiger partial charge in [0.25, 0.3) is 0 Å². The van der Waals surface area contributed by atoms with Crippen LogP contribution in [0.1, 0.15) is 194 Å². The Morgan fingerprint density at radius 1 is 0.660 bits per heavy atom. The number of allylic oxidation sites excluding steroid dienone is 4. The molecule has 0 aromatic rings. The van der Waals surface area contributed by atoms with Crippen LogP contribution >= 0.6 is 0 Å². The number of hydrogen-bond acceptors (Lipinski definition) is 4. The molecule has 0 aromatic carbocycles. The van der Waals surface area contributed by atoms with Gasteiger partial charge in [-0.3, -0.25) is 14.3 Å². The van der Waals surface area contributed by atoms with E-state index in [2.05, 4.69) is 47.6 Å². The highest BCUT2D eigenvalue weighted by Crippen LogP contribution is 2.14. The zero-order valence-corrected chi connectivity index (χ0v) is 31.5. The van der Waals surface area contributed by atoms with Gasteiger partial charge in [0.1, 0.15) is 32.8 Å². The highest BCUT2D eigenvalue weighted by atomic mass is 16.5. The molecule has 1 aliphatic rings. The van der Waals surface area contributed by atoms with Crippen LogP contribution in [0.5, 0.6) is 0 Å². The normalized spacial score (nSPS) is 13.6. The first-order chi connectivity index (χ1) is 23.2.